The molecule has 2 rings (SSSR count). The van der Waals surface area contributed by atoms with Crippen molar-refractivity contribution in [2.75, 3.05) is 18.5 Å². The molecule has 4 heteroatoms. The van der Waals surface area contributed by atoms with Crippen LogP contribution in [-0.4, -0.2) is 19.1 Å². The monoisotopic (exact) mass is 325 g/mol. The van der Waals surface area contributed by atoms with Crippen LogP contribution in [0.1, 0.15) is 31.2 Å². The Labute approximate surface area is 122 Å². The van der Waals surface area contributed by atoms with Crippen LogP contribution in [0.15, 0.2) is 22.7 Å². The fraction of sp³-hybridized carbons (Fsp3) is 0.533. The zero-order valence-electron chi connectivity index (χ0n) is 11.2. The average molecular weight is 326 g/mol. The highest BCUT2D eigenvalue weighted by atomic mass is 79.9. The van der Waals surface area contributed by atoms with Gasteiger partial charge in [0.25, 0.3) is 0 Å². The van der Waals surface area contributed by atoms with Crippen LogP contribution in [0, 0.1) is 12.8 Å². The van der Waals surface area contributed by atoms with Crippen LogP contribution in [0.25, 0.3) is 0 Å². The Hall–Kier alpha value is -0.870. The van der Waals surface area contributed by atoms with Gasteiger partial charge in [-0.15, -0.1) is 0 Å². The Morgan fingerprint density at radius 3 is 2.84 bits per heavy atom. The van der Waals surface area contributed by atoms with Gasteiger partial charge in [0, 0.05) is 24.1 Å². The summed E-state index contributed by atoms with van der Waals surface area (Å²) < 4.78 is 6.26. The van der Waals surface area contributed by atoms with E-state index in [1.807, 2.05) is 25.1 Å². The summed E-state index contributed by atoms with van der Waals surface area (Å²) in [5.74, 6) is 0.733. The van der Waals surface area contributed by atoms with Crippen molar-refractivity contribution in [3.8, 4) is 0 Å². The molecule has 0 unspecified atom stereocenters. The largest absolute Gasteiger partial charge is 0.381 e. The molecule has 3 nitrogen and oxygen atoms in total. The van der Waals surface area contributed by atoms with Crippen LogP contribution in [0.2, 0.25) is 0 Å². The number of carbonyl (C=O) groups is 1. The SMILES string of the molecule is Cc1ccc(NC(=O)CCC2CCOCC2)c(Br)c1. The van der Waals surface area contributed by atoms with Crippen LogP contribution < -0.4 is 5.32 Å². The average Bonchev–Trinajstić information content (AvgIpc) is 2.41. The molecule has 0 bridgehead atoms. The molecule has 19 heavy (non-hydrogen) atoms. The van der Waals surface area contributed by atoms with Crippen molar-refractivity contribution in [1.29, 1.82) is 0 Å². The van der Waals surface area contributed by atoms with E-state index in [2.05, 4.69) is 21.2 Å². The Morgan fingerprint density at radius 1 is 1.42 bits per heavy atom. The first-order valence-corrected chi connectivity index (χ1v) is 7.58. The number of aryl methyl sites for hydroxylation is 1. The van der Waals surface area contributed by atoms with E-state index in [1.165, 1.54) is 5.56 Å². The molecule has 0 radical (unpaired) electrons. The maximum Gasteiger partial charge on any atom is 0.224 e. The van der Waals surface area contributed by atoms with Gasteiger partial charge in [0.2, 0.25) is 5.91 Å². The molecule has 1 aromatic carbocycles. The summed E-state index contributed by atoms with van der Waals surface area (Å²) in [6.45, 7) is 3.72. The molecule has 0 aliphatic carbocycles. The summed E-state index contributed by atoms with van der Waals surface area (Å²) in [4.78, 5) is 11.9. The highest BCUT2D eigenvalue weighted by molar-refractivity contribution is 9.10. The van der Waals surface area contributed by atoms with E-state index in [-0.39, 0.29) is 5.91 Å². The van der Waals surface area contributed by atoms with Crippen LogP contribution in [-0.2, 0) is 9.53 Å². The summed E-state index contributed by atoms with van der Waals surface area (Å²) in [5, 5.41) is 2.96. The van der Waals surface area contributed by atoms with Gasteiger partial charge in [-0.25, -0.2) is 0 Å². The highest BCUT2D eigenvalue weighted by Gasteiger charge is 2.15. The number of amides is 1. The molecule has 0 atom stereocenters. The van der Waals surface area contributed by atoms with Gasteiger partial charge in [-0.2, -0.15) is 0 Å². The maximum absolute atomic E-state index is 11.9. The highest BCUT2D eigenvalue weighted by Crippen LogP contribution is 2.24. The first kappa shape index (κ1) is 14.5. The predicted octanol–water partition coefficient (Wildman–Crippen LogP) is 3.90. The van der Waals surface area contributed by atoms with E-state index in [0.717, 1.165) is 42.6 Å². The summed E-state index contributed by atoms with van der Waals surface area (Å²) >= 11 is 3.47. The lowest BCUT2D eigenvalue weighted by Crippen LogP contribution is -2.18. The minimum absolute atomic E-state index is 0.0936. The Bertz CT molecular complexity index is 442. The van der Waals surface area contributed by atoms with Gasteiger partial charge >= 0.3 is 0 Å². The van der Waals surface area contributed by atoms with Crippen molar-refractivity contribution in [2.45, 2.75) is 32.6 Å². The second-order valence-corrected chi connectivity index (χ2v) is 5.98. The third-order valence-corrected chi connectivity index (χ3v) is 4.18. The summed E-state index contributed by atoms with van der Waals surface area (Å²) in [6.07, 6.45) is 3.71. The molecule has 0 saturated carbocycles. The molecule has 0 spiro atoms. The van der Waals surface area contributed by atoms with E-state index < -0.39 is 0 Å². The van der Waals surface area contributed by atoms with Gasteiger partial charge in [-0.05, 0) is 65.7 Å². The topological polar surface area (TPSA) is 38.3 Å². The van der Waals surface area contributed by atoms with Crippen LogP contribution in [0.3, 0.4) is 0 Å². The maximum atomic E-state index is 11.9. The number of anilines is 1. The molecule has 1 fully saturated rings. The van der Waals surface area contributed by atoms with E-state index in [4.69, 9.17) is 4.74 Å². The molecule has 1 aliphatic heterocycles. The second kappa shape index (κ2) is 7.06. The van der Waals surface area contributed by atoms with Crippen LogP contribution >= 0.6 is 15.9 Å². The summed E-state index contributed by atoms with van der Waals surface area (Å²) in [7, 11) is 0. The van der Waals surface area contributed by atoms with Crippen molar-refractivity contribution < 1.29 is 9.53 Å². The second-order valence-electron chi connectivity index (χ2n) is 5.13. The summed E-state index contributed by atoms with van der Waals surface area (Å²) in [6, 6.07) is 5.94. The van der Waals surface area contributed by atoms with Crippen molar-refractivity contribution in [3.63, 3.8) is 0 Å². The van der Waals surface area contributed by atoms with Gasteiger partial charge in [0.15, 0.2) is 0 Å². The van der Waals surface area contributed by atoms with Crippen LogP contribution in [0.5, 0.6) is 0 Å². The molecule has 1 aromatic rings. The molecule has 0 aromatic heterocycles. The lowest BCUT2D eigenvalue weighted by molar-refractivity contribution is -0.116. The number of benzene rings is 1. The number of hydrogen-bond acceptors (Lipinski definition) is 2. The molecule has 1 saturated heterocycles. The Balaban J connectivity index is 1.80. The van der Waals surface area contributed by atoms with Gasteiger partial charge < -0.3 is 10.1 Å². The minimum atomic E-state index is 0.0936. The number of ether oxygens (including phenoxy) is 1. The zero-order chi connectivity index (χ0) is 13.7. The fourth-order valence-corrected chi connectivity index (χ4v) is 2.90. The number of carbonyl (C=O) groups excluding carboxylic acids is 1. The number of hydrogen-bond donors (Lipinski definition) is 1. The van der Waals surface area contributed by atoms with Gasteiger partial charge in [0.05, 0.1) is 5.69 Å². The van der Waals surface area contributed by atoms with E-state index in [0.29, 0.717) is 12.3 Å². The Kier molecular flexibility index (Phi) is 5.40. The van der Waals surface area contributed by atoms with E-state index in [9.17, 15) is 4.79 Å². The molecular formula is C15H20BrNO2. The van der Waals surface area contributed by atoms with Crippen molar-refractivity contribution in [3.05, 3.63) is 28.2 Å². The normalized spacial score (nSPS) is 16.3. The van der Waals surface area contributed by atoms with Crippen molar-refractivity contribution in [2.24, 2.45) is 5.92 Å². The van der Waals surface area contributed by atoms with Crippen LogP contribution in [0.4, 0.5) is 5.69 Å². The molecule has 1 N–H and O–H groups in total. The lowest BCUT2D eigenvalue weighted by Gasteiger charge is -2.21. The fourth-order valence-electron chi connectivity index (χ4n) is 2.30. The molecule has 1 aliphatic rings. The predicted molar refractivity (Wildman–Crippen MR) is 80.3 cm³/mol. The third kappa shape index (κ3) is 4.62. The molecule has 1 amide bonds. The lowest BCUT2D eigenvalue weighted by atomic mass is 9.95. The quantitative estimate of drug-likeness (QED) is 0.911. The number of nitrogens with one attached hydrogen (secondary N) is 1. The van der Waals surface area contributed by atoms with Gasteiger partial charge in [-0.3, -0.25) is 4.79 Å². The van der Waals surface area contributed by atoms with E-state index in [1.54, 1.807) is 0 Å². The van der Waals surface area contributed by atoms with Crippen molar-refractivity contribution >= 4 is 27.5 Å². The zero-order valence-corrected chi connectivity index (χ0v) is 12.8. The van der Waals surface area contributed by atoms with E-state index >= 15 is 0 Å². The standard InChI is InChI=1S/C15H20BrNO2/c1-11-2-4-14(13(16)10-11)17-15(18)5-3-12-6-8-19-9-7-12/h2,4,10,12H,3,5-9H2,1H3,(H,17,18). The van der Waals surface area contributed by atoms with Gasteiger partial charge in [-0.1, -0.05) is 6.07 Å². The van der Waals surface area contributed by atoms with Crippen molar-refractivity contribution in [1.82, 2.24) is 0 Å². The first-order valence-electron chi connectivity index (χ1n) is 6.79. The smallest absolute Gasteiger partial charge is 0.224 e. The Morgan fingerprint density at radius 2 is 2.16 bits per heavy atom. The minimum Gasteiger partial charge on any atom is -0.381 e. The van der Waals surface area contributed by atoms with Gasteiger partial charge in [0.1, 0.15) is 0 Å². The number of rotatable bonds is 4. The molecular weight excluding hydrogens is 306 g/mol. The number of halogens is 1. The first-order chi connectivity index (χ1) is 9.15. The molecule has 1 heterocycles. The third-order valence-electron chi connectivity index (χ3n) is 3.52. The molecule has 104 valence electrons. The summed E-state index contributed by atoms with van der Waals surface area (Å²) in [5.41, 5.74) is 2.02.